The minimum atomic E-state index is 0.794. The van der Waals surface area contributed by atoms with E-state index in [-0.39, 0.29) is 0 Å². The van der Waals surface area contributed by atoms with Gasteiger partial charge in [0.1, 0.15) is 12.7 Å². The normalized spacial score (nSPS) is 11.4. The highest BCUT2D eigenvalue weighted by Gasteiger charge is 2.12. The summed E-state index contributed by atoms with van der Waals surface area (Å²) in [6.07, 6.45) is 0. The zero-order valence-corrected chi connectivity index (χ0v) is 11.0. The van der Waals surface area contributed by atoms with Crippen molar-refractivity contribution in [3.05, 3.63) is 60.0 Å². The number of para-hydroxylation sites is 1. The number of fused-ring (bicyclic) bond motifs is 3. The Kier molecular flexibility index (Phi) is 2.29. The summed E-state index contributed by atoms with van der Waals surface area (Å²) in [4.78, 5) is 1.28. The Morgan fingerprint density at radius 1 is 0.842 bits per heavy atom. The molecule has 2 aromatic heterocycles. The van der Waals surface area contributed by atoms with Crippen LogP contribution in [0.15, 0.2) is 60.0 Å². The van der Waals surface area contributed by atoms with Crippen molar-refractivity contribution in [3.63, 3.8) is 0 Å². The Labute approximate surface area is 116 Å². The van der Waals surface area contributed by atoms with Gasteiger partial charge in [0, 0.05) is 16.5 Å². The van der Waals surface area contributed by atoms with E-state index in [0.717, 1.165) is 11.2 Å². The Morgan fingerprint density at radius 2 is 1.63 bits per heavy atom. The second kappa shape index (κ2) is 4.00. The molecule has 3 heteroatoms. The third-order valence-electron chi connectivity index (χ3n) is 3.43. The molecule has 0 aliphatic rings. The van der Waals surface area contributed by atoms with Gasteiger partial charge in [-0.2, -0.15) is 0 Å². The molecule has 2 heterocycles. The molecule has 0 fully saturated rings. The van der Waals surface area contributed by atoms with Gasteiger partial charge in [-0.1, -0.05) is 35.8 Å². The van der Waals surface area contributed by atoms with Crippen LogP contribution in [0.1, 0.15) is 0 Å². The van der Waals surface area contributed by atoms with E-state index in [9.17, 15) is 0 Å². The smallest absolute Gasteiger partial charge is 0.113 e. The van der Waals surface area contributed by atoms with E-state index in [1.165, 1.54) is 21.1 Å². The van der Waals surface area contributed by atoms with Crippen LogP contribution in [0, 0.1) is 0 Å². The maximum absolute atomic E-state index is 5.78. The number of rotatable bonds is 1. The highest BCUT2D eigenvalue weighted by Crippen LogP contribution is 2.34. The van der Waals surface area contributed by atoms with E-state index in [0.29, 0.717) is 0 Å². The molecule has 2 radical (unpaired) electrons. The maximum atomic E-state index is 5.78. The quantitative estimate of drug-likeness (QED) is 0.460. The number of hydrogen-bond donors (Lipinski definition) is 0. The van der Waals surface area contributed by atoms with Gasteiger partial charge in [0.2, 0.25) is 0 Å². The van der Waals surface area contributed by atoms with Crippen LogP contribution < -0.4 is 5.46 Å². The molecular formula is C16H10BNS. The van der Waals surface area contributed by atoms with Gasteiger partial charge < -0.3 is 4.57 Å². The maximum Gasteiger partial charge on any atom is 0.113 e. The Morgan fingerprint density at radius 3 is 2.47 bits per heavy atom. The second-order valence-electron chi connectivity index (χ2n) is 4.58. The van der Waals surface area contributed by atoms with Crippen LogP contribution in [0.4, 0.5) is 0 Å². The van der Waals surface area contributed by atoms with Crippen LogP contribution in [-0.4, -0.2) is 12.4 Å². The second-order valence-corrected chi connectivity index (χ2v) is 5.48. The Balaban J connectivity index is 2.15. The van der Waals surface area contributed by atoms with E-state index in [1.54, 1.807) is 11.3 Å². The summed E-state index contributed by atoms with van der Waals surface area (Å²) >= 11 is 1.77. The fraction of sp³-hybridized carbons (Fsp3) is 0. The first-order chi connectivity index (χ1) is 9.34. The predicted octanol–water partition coefficient (Wildman–Crippen LogP) is 3.64. The standard InChI is InChI=1S/C16H10BNS/c17-11-5-7-12(8-6-11)18-15-4-2-1-3-13(15)14-9-10-19-16(14)18/h1-10H. The third-order valence-corrected chi connectivity index (χ3v) is 4.33. The van der Waals surface area contributed by atoms with E-state index in [2.05, 4.69) is 52.4 Å². The summed E-state index contributed by atoms with van der Waals surface area (Å²) < 4.78 is 2.30. The van der Waals surface area contributed by atoms with Gasteiger partial charge in [0.05, 0.1) is 5.52 Å². The number of benzene rings is 2. The largest absolute Gasteiger partial charge is 0.301 e. The summed E-state index contributed by atoms with van der Waals surface area (Å²) in [6, 6.07) is 18.7. The lowest BCUT2D eigenvalue weighted by atomic mass is 9.96. The van der Waals surface area contributed by atoms with E-state index in [1.807, 2.05) is 12.1 Å². The molecule has 0 spiro atoms. The lowest BCUT2D eigenvalue weighted by Crippen LogP contribution is -2.01. The van der Waals surface area contributed by atoms with Gasteiger partial charge in [0.15, 0.2) is 0 Å². The fourth-order valence-corrected chi connectivity index (χ4v) is 3.51. The molecule has 0 aliphatic heterocycles. The first-order valence-electron chi connectivity index (χ1n) is 6.17. The number of aromatic nitrogens is 1. The topological polar surface area (TPSA) is 4.93 Å². The summed E-state index contributed by atoms with van der Waals surface area (Å²) in [6.45, 7) is 0. The Bertz CT molecular complexity index is 871. The van der Waals surface area contributed by atoms with Crippen LogP contribution in [0.2, 0.25) is 0 Å². The van der Waals surface area contributed by atoms with Crippen molar-refractivity contribution in [1.82, 2.24) is 4.57 Å². The van der Waals surface area contributed by atoms with Crippen LogP contribution in [0.25, 0.3) is 26.8 Å². The molecular weight excluding hydrogens is 249 g/mol. The van der Waals surface area contributed by atoms with Crippen molar-refractivity contribution in [1.29, 1.82) is 0 Å². The van der Waals surface area contributed by atoms with E-state index < -0.39 is 0 Å². The van der Waals surface area contributed by atoms with E-state index >= 15 is 0 Å². The lowest BCUT2D eigenvalue weighted by molar-refractivity contribution is 1.20. The SMILES string of the molecule is [B]c1ccc(-n2c3ccccc3c3ccsc32)cc1. The highest BCUT2D eigenvalue weighted by molar-refractivity contribution is 7.17. The monoisotopic (exact) mass is 259 g/mol. The number of thiophene rings is 1. The number of hydrogen-bond acceptors (Lipinski definition) is 1. The minimum Gasteiger partial charge on any atom is -0.301 e. The van der Waals surface area contributed by atoms with Crippen molar-refractivity contribution in [3.8, 4) is 5.69 Å². The molecule has 2 aromatic carbocycles. The van der Waals surface area contributed by atoms with Crippen molar-refractivity contribution in [2.45, 2.75) is 0 Å². The molecule has 0 saturated heterocycles. The van der Waals surface area contributed by atoms with Crippen molar-refractivity contribution in [2.75, 3.05) is 0 Å². The molecule has 88 valence electrons. The van der Waals surface area contributed by atoms with Gasteiger partial charge in [0.25, 0.3) is 0 Å². The molecule has 0 N–H and O–H groups in total. The predicted molar refractivity (Wildman–Crippen MR) is 84.0 cm³/mol. The van der Waals surface area contributed by atoms with Crippen molar-refractivity contribution < 1.29 is 0 Å². The zero-order chi connectivity index (χ0) is 12.8. The Hall–Kier alpha value is -2.00. The van der Waals surface area contributed by atoms with Gasteiger partial charge in [-0.15, -0.1) is 11.3 Å². The average Bonchev–Trinajstić information content (AvgIpc) is 3.00. The van der Waals surface area contributed by atoms with E-state index in [4.69, 9.17) is 7.85 Å². The molecule has 0 aliphatic carbocycles. The minimum absolute atomic E-state index is 0.794. The van der Waals surface area contributed by atoms with Crippen LogP contribution >= 0.6 is 11.3 Å². The summed E-state index contributed by atoms with van der Waals surface area (Å²) in [7, 11) is 5.78. The molecule has 0 saturated carbocycles. The average molecular weight is 259 g/mol. The van der Waals surface area contributed by atoms with Crippen molar-refractivity contribution in [2.24, 2.45) is 0 Å². The first-order valence-corrected chi connectivity index (χ1v) is 7.05. The molecule has 0 unspecified atom stereocenters. The third kappa shape index (κ3) is 1.55. The van der Waals surface area contributed by atoms with Crippen LogP contribution in [-0.2, 0) is 0 Å². The number of nitrogens with zero attached hydrogens (tertiary/aromatic N) is 1. The molecule has 0 bridgehead atoms. The zero-order valence-electron chi connectivity index (χ0n) is 10.2. The van der Waals surface area contributed by atoms with Crippen LogP contribution in [0.5, 0.6) is 0 Å². The summed E-state index contributed by atoms with van der Waals surface area (Å²) in [5, 5.41) is 4.76. The lowest BCUT2D eigenvalue weighted by Gasteiger charge is -2.06. The van der Waals surface area contributed by atoms with Gasteiger partial charge >= 0.3 is 0 Å². The van der Waals surface area contributed by atoms with Gasteiger partial charge in [-0.05, 0) is 29.6 Å². The molecule has 4 rings (SSSR count). The molecule has 0 amide bonds. The highest BCUT2D eigenvalue weighted by atomic mass is 32.1. The molecule has 0 atom stereocenters. The summed E-state index contributed by atoms with van der Waals surface area (Å²) in [5.74, 6) is 0. The van der Waals surface area contributed by atoms with Crippen molar-refractivity contribution >= 4 is 45.8 Å². The summed E-state index contributed by atoms with van der Waals surface area (Å²) in [5.41, 5.74) is 3.19. The van der Waals surface area contributed by atoms with Gasteiger partial charge in [-0.25, -0.2) is 0 Å². The molecule has 19 heavy (non-hydrogen) atoms. The molecule has 1 nitrogen and oxygen atoms in total. The van der Waals surface area contributed by atoms with Crippen LogP contribution in [0.3, 0.4) is 0 Å². The fourth-order valence-electron chi connectivity index (χ4n) is 2.56. The molecule has 4 aromatic rings. The van der Waals surface area contributed by atoms with Gasteiger partial charge in [-0.3, -0.25) is 0 Å². The first kappa shape index (κ1) is 10.9.